The molecule has 6 nitrogen and oxygen atoms in total. The SMILES string of the molecule is Cc1ccc(CCNC(=O)NCC(=O)Nc2ccc(F)cc2)cn1. The summed E-state index contributed by atoms with van der Waals surface area (Å²) in [6, 6.07) is 8.83. The fourth-order valence-electron chi connectivity index (χ4n) is 1.93. The van der Waals surface area contributed by atoms with Gasteiger partial charge in [-0.2, -0.15) is 0 Å². The van der Waals surface area contributed by atoms with Crippen LogP contribution in [0.1, 0.15) is 11.3 Å². The first-order valence-corrected chi connectivity index (χ1v) is 7.51. The summed E-state index contributed by atoms with van der Waals surface area (Å²) in [5.41, 5.74) is 2.43. The van der Waals surface area contributed by atoms with Gasteiger partial charge < -0.3 is 16.0 Å². The molecule has 0 unspecified atom stereocenters. The van der Waals surface area contributed by atoms with E-state index < -0.39 is 6.03 Å². The lowest BCUT2D eigenvalue weighted by molar-refractivity contribution is -0.115. The van der Waals surface area contributed by atoms with Crippen LogP contribution < -0.4 is 16.0 Å². The fourth-order valence-corrected chi connectivity index (χ4v) is 1.93. The molecule has 1 aromatic carbocycles. The van der Waals surface area contributed by atoms with Gasteiger partial charge in [0.1, 0.15) is 5.82 Å². The van der Waals surface area contributed by atoms with Gasteiger partial charge in [-0.05, 0) is 49.2 Å². The van der Waals surface area contributed by atoms with Gasteiger partial charge in [0.15, 0.2) is 0 Å². The molecule has 3 N–H and O–H groups in total. The van der Waals surface area contributed by atoms with Crippen molar-refractivity contribution in [2.75, 3.05) is 18.4 Å². The number of anilines is 1. The summed E-state index contributed by atoms with van der Waals surface area (Å²) in [6.07, 6.45) is 2.42. The van der Waals surface area contributed by atoms with Gasteiger partial charge in [-0.15, -0.1) is 0 Å². The maximum absolute atomic E-state index is 12.8. The van der Waals surface area contributed by atoms with Crippen LogP contribution in [0.2, 0.25) is 0 Å². The Kier molecular flexibility index (Phi) is 6.24. The molecule has 1 heterocycles. The molecule has 0 fully saturated rings. The quantitative estimate of drug-likeness (QED) is 0.758. The average Bonchev–Trinajstić information content (AvgIpc) is 2.57. The second-order valence-electron chi connectivity index (χ2n) is 5.22. The highest BCUT2D eigenvalue weighted by Gasteiger charge is 2.05. The first-order chi connectivity index (χ1) is 11.5. The van der Waals surface area contributed by atoms with Crippen molar-refractivity contribution in [3.05, 3.63) is 59.7 Å². The summed E-state index contributed by atoms with van der Waals surface area (Å²) >= 11 is 0. The zero-order valence-electron chi connectivity index (χ0n) is 13.3. The number of aryl methyl sites for hydroxylation is 1. The normalized spacial score (nSPS) is 10.1. The summed E-state index contributed by atoms with van der Waals surface area (Å²) in [5.74, 6) is -0.770. The summed E-state index contributed by atoms with van der Waals surface area (Å²) < 4.78 is 12.8. The van der Waals surface area contributed by atoms with E-state index in [1.54, 1.807) is 6.20 Å². The van der Waals surface area contributed by atoms with Crippen LogP contribution in [-0.2, 0) is 11.2 Å². The lowest BCUT2D eigenvalue weighted by atomic mass is 10.2. The molecule has 0 spiro atoms. The molecule has 0 aliphatic rings. The molecular weight excluding hydrogens is 311 g/mol. The first kappa shape index (κ1) is 17.4. The van der Waals surface area contributed by atoms with Crippen molar-refractivity contribution in [3.63, 3.8) is 0 Å². The van der Waals surface area contributed by atoms with Crippen molar-refractivity contribution in [1.82, 2.24) is 15.6 Å². The minimum absolute atomic E-state index is 0.171. The number of halogens is 1. The van der Waals surface area contributed by atoms with Crippen LogP contribution >= 0.6 is 0 Å². The van der Waals surface area contributed by atoms with E-state index in [2.05, 4.69) is 20.9 Å². The van der Waals surface area contributed by atoms with Crippen molar-refractivity contribution in [2.45, 2.75) is 13.3 Å². The van der Waals surface area contributed by atoms with Gasteiger partial charge in [-0.1, -0.05) is 6.07 Å². The lowest BCUT2D eigenvalue weighted by Crippen LogP contribution is -2.40. The molecule has 0 atom stereocenters. The molecular formula is C17H19FN4O2. The van der Waals surface area contributed by atoms with Gasteiger partial charge in [0.25, 0.3) is 0 Å². The largest absolute Gasteiger partial charge is 0.338 e. The highest BCUT2D eigenvalue weighted by molar-refractivity contribution is 5.94. The molecule has 2 rings (SSSR count). The van der Waals surface area contributed by atoms with Crippen molar-refractivity contribution in [2.24, 2.45) is 0 Å². The number of benzene rings is 1. The first-order valence-electron chi connectivity index (χ1n) is 7.51. The van der Waals surface area contributed by atoms with Crippen LogP contribution in [0.4, 0.5) is 14.9 Å². The number of hydrogen-bond donors (Lipinski definition) is 3. The number of pyridine rings is 1. The monoisotopic (exact) mass is 330 g/mol. The fraction of sp³-hybridized carbons (Fsp3) is 0.235. The molecule has 7 heteroatoms. The number of carbonyl (C=O) groups is 2. The number of urea groups is 1. The number of amides is 3. The number of carbonyl (C=O) groups excluding carboxylic acids is 2. The van der Waals surface area contributed by atoms with Gasteiger partial charge in [0.2, 0.25) is 5.91 Å². The maximum Gasteiger partial charge on any atom is 0.315 e. The van der Waals surface area contributed by atoms with Gasteiger partial charge in [-0.3, -0.25) is 9.78 Å². The summed E-state index contributed by atoms with van der Waals surface area (Å²) in [7, 11) is 0. The van der Waals surface area contributed by atoms with E-state index in [1.807, 2.05) is 19.1 Å². The molecule has 3 amide bonds. The van der Waals surface area contributed by atoms with E-state index in [0.29, 0.717) is 18.7 Å². The van der Waals surface area contributed by atoms with Gasteiger partial charge >= 0.3 is 6.03 Å². The molecule has 0 bridgehead atoms. The number of nitrogens with one attached hydrogen (secondary N) is 3. The van der Waals surface area contributed by atoms with E-state index in [9.17, 15) is 14.0 Å². The Bertz CT molecular complexity index is 687. The summed E-state index contributed by atoms with van der Waals surface area (Å²) in [5, 5.41) is 7.68. The van der Waals surface area contributed by atoms with Gasteiger partial charge in [0, 0.05) is 24.1 Å². The number of nitrogens with zero attached hydrogens (tertiary/aromatic N) is 1. The third kappa shape index (κ3) is 6.04. The van der Waals surface area contributed by atoms with E-state index >= 15 is 0 Å². The second-order valence-corrected chi connectivity index (χ2v) is 5.22. The number of hydrogen-bond acceptors (Lipinski definition) is 3. The van der Waals surface area contributed by atoms with Crippen LogP contribution in [0.15, 0.2) is 42.6 Å². The molecule has 0 aliphatic carbocycles. The third-order valence-electron chi connectivity index (χ3n) is 3.21. The van der Waals surface area contributed by atoms with Crippen LogP contribution in [0, 0.1) is 12.7 Å². The number of aromatic nitrogens is 1. The van der Waals surface area contributed by atoms with Gasteiger partial charge in [0.05, 0.1) is 6.54 Å². The Labute approximate surface area is 139 Å². The average molecular weight is 330 g/mol. The minimum Gasteiger partial charge on any atom is -0.338 e. The number of rotatable bonds is 6. The maximum atomic E-state index is 12.8. The zero-order chi connectivity index (χ0) is 17.4. The predicted octanol–water partition coefficient (Wildman–Crippen LogP) is 2.01. The lowest BCUT2D eigenvalue weighted by Gasteiger charge is -2.08. The van der Waals surface area contributed by atoms with Crippen molar-refractivity contribution in [1.29, 1.82) is 0 Å². The molecule has 2 aromatic rings. The standard InChI is InChI=1S/C17H19FN4O2/c1-12-2-3-13(10-20-12)8-9-19-17(24)21-11-16(23)22-15-6-4-14(18)5-7-15/h2-7,10H,8-9,11H2,1H3,(H,22,23)(H2,19,21,24). The molecule has 126 valence electrons. The van der Waals surface area contributed by atoms with Gasteiger partial charge in [-0.25, -0.2) is 9.18 Å². The van der Waals surface area contributed by atoms with Crippen molar-refractivity contribution < 1.29 is 14.0 Å². The Morgan fingerprint density at radius 3 is 2.50 bits per heavy atom. The minimum atomic E-state index is -0.427. The molecule has 0 saturated carbocycles. The Morgan fingerprint density at radius 1 is 1.08 bits per heavy atom. The zero-order valence-corrected chi connectivity index (χ0v) is 13.3. The van der Waals surface area contributed by atoms with E-state index in [0.717, 1.165) is 11.3 Å². The van der Waals surface area contributed by atoms with Crippen LogP contribution in [0.5, 0.6) is 0 Å². The molecule has 1 aromatic heterocycles. The van der Waals surface area contributed by atoms with Crippen molar-refractivity contribution >= 4 is 17.6 Å². The van der Waals surface area contributed by atoms with Crippen molar-refractivity contribution in [3.8, 4) is 0 Å². The van der Waals surface area contributed by atoms with Crippen LogP contribution in [0.25, 0.3) is 0 Å². The molecule has 24 heavy (non-hydrogen) atoms. The van der Waals surface area contributed by atoms with E-state index in [1.165, 1.54) is 24.3 Å². The highest BCUT2D eigenvalue weighted by Crippen LogP contribution is 2.07. The second kappa shape index (κ2) is 8.61. The topological polar surface area (TPSA) is 83.1 Å². The molecule has 0 radical (unpaired) electrons. The van der Waals surface area contributed by atoms with E-state index in [4.69, 9.17) is 0 Å². The molecule has 0 aliphatic heterocycles. The Morgan fingerprint density at radius 2 is 1.83 bits per heavy atom. The summed E-state index contributed by atoms with van der Waals surface area (Å²) in [4.78, 5) is 27.5. The van der Waals surface area contributed by atoms with Crippen LogP contribution in [-0.4, -0.2) is 30.0 Å². The summed E-state index contributed by atoms with van der Waals surface area (Å²) in [6.45, 7) is 2.18. The smallest absolute Gasteiger partial charge is 0.315 e. The third-order valence-corrected chi connectivity index (χ3v) is 3.21. The molecule has 0 saturated heterocycles. The van der Waals surface area contributed by atoms with E-state index in [-0.39, 0.29) is 18.3 Å². The highest BCUT2D eigenvalue weighted by atomic mass is 19.1. The Balaban J connectivity index is 1.64. The predicted molar refractivity (Wildman–Crippen MR) is 89.1 cm³/mol. The van der Waals surface area contributed by atoms with Crippen LogP contribution in [0.3, 0.4) is 0 Å². The Hall–Kier alpha value is -2.96.